The number of aromatic nitrogens is 5. The number of thioether (sulfide) groups is 2. The molecule has 0 radical (unpaired) electrons. The standard InChI is InChI=1S/C20H20ClF3N6OS2/c1-4-30-16(9-32-18-25-11(2)7-12(3)26-18)28-29-19(30)33-10-17(31)27-13-5-6-15(21)14(8-13)20(22,23)24/h5-8H,4,9-10H2,1-3H3,(H,27,31). The number of benzene rings is 1. The molecule has 0 fully saturated rings. The van der Waals surface area contributed by atoms with Crippen molar-refractivity contribution >= 4 is 46.7 Å². The van der Waals surface area contributed by atoms with E-state index in [-0.39, 0.29) is 11.4 Å². The van der Waals surface area contributed by atoms with Crippen molar-refractivity contribution in [3.63, 3.8) is 0 Å². The molecule has 0 aliphatic heterocycles. The molecule has 2 aromatic heterocycles. The van der Waals surface area contributed by atoms with Crippen LogP contribution in [-0.4, -0.2) is 36.4 Å². The second kappa shape index (κ2) is 10.7. The van der Waals surface area contributed by atoms with Gasteiger partial charge in [0, 0.05) is 23.6 Å². The topological polar surface area (TPSA) is 85.6 Å². The largest absolute Gasteiger partial charge is 0.417 e. The Labute approximate surface area is 201 Å². The van der Waals surface area contributed by atoms with Crippen molar-refractivity contribution in [3.05, 3.63) is 52.1 Å². The van der Waals surface area contributed by atoms with E-state index < -0.39 is 22.7 Å². The van der Waals surface area contributed by atoms with Crippen molar-refractivity contribution in [2.24, 2.45) is 0 Å². The first-order valence-corrected chi connectivity index (χ1v) is 12.1. The molecule has 0 saturated carbocycles. The lowest BCUT2D eigenvalue weighted by Gasteiger charge is -2.12. The maximum absolute atomic E-state index is 13.0. The predicted molar refractivity (Wildman–Crippen MR) is 123 cm³/mol. The average Bonchev–Trinajstić information content (AvgIpc) is 3.12. The van der Waals surface area contributed by atoms with Gasteiger partial charge in [0.2, 0.25) is 5.91 Å². The minimum absolute atomic E-state index is 0.0137. The van der Waals surface area contributed by atoms with Crippen LogP contribution in [-0.2, 0) is 23.3 Å². The van der Waals surface area contributed by atoms with Gasteiger partial charge < -0.3 is 9.88 Å². The number of nitrogens with zero attached hydrogens (tertiary/aromatic N) is 5. The summed E-state index contributed by atoms with van der Waals surface area (Å²) in [6.07, 6.45) is -4.61. The van der Waals surface area contributed by atoms with Crippen molar-refractivity contribution in [3.8, 4) is 0 Å². The first-order valence-electron chi connectivity index (χ1n) is 9.73. The van der Waals surface area contributed by atoms with Gasteiger partial charge in [0.25, 0.3) is 0 Å². The van der Waals surface area contributed by atoms with Gasteiger partial charge in [-0.15, -0.1) is 10.2 Å². The Morgan fingerprint density at radius 2 is 1.82 bits per heavy atom. The van der Waals surface area contributed by atoms with Crippen LogP contribution in [0.15, 0.2) is 34.6 Å². The molecule has 1 N–H and O–H groups in total. The normalized spacial score (nSPS) is 11.6. The predicted octanol–water partition coefficient (Wildman–Crippen LogP) is 5.40. The highest BCUT2D eigenvalue weighted by Crippen LogP contribution is 2.36. The lowest BCUT2D eigenvalue weighted by atomic mass is 10.2. The summed E-state index contributed by atoms with van der Waals surface area (Å²) in [4.78, 5) is 21.1. The summed E-state index contributed by atoms with van der Waals surface area (Å²) >= 11 is 8.20. The molecule has 13 heteroatoms. The summed E-state index contributed by atoms with van der Waals surface area (Å²) in [5.74, 6) is 0.693. The number of aryl methyl sites for hydroxylation is 2. The van der Waals surface area contributed by atoms with Crippen molar-refractivity contribution in [1.82, 2.24) is 24.7 Å². The minimum Gasteiger partial charge on any atom is -0.325 e. The van der Waals surface area contributed by atoms with Crippen LogP contribution in [0.5, 0.6) is 0 Å². The van der Waals surface area contributed by atoms with E-state index in [1.807, 2.05) is 31.4 Å². The van der Waals surface area contributed by atoms with Crippen LogP contribution in [0.1, 0.15) is 29.7 Å². The molecular formula is C20H20ClF3N6OS2. The minimum atomic E-state index is -4.61. The number of hydrogen-bond donors (Lipinski definition) is 1. The fraction of sp³-hybridized carbons (Fsp3) is 0.350. The Bertz CT molecular complexity index is 1140. The number of amides is 1. The molecule has 1 aromatic carbocycles. The highest BCUT2D eigenvalue weighted by Gasteiger charge is 2.33. The Morgan fingerprint density at radius 1 is 1.12 bits per heavy atom. The summed E-state index contributed by atoms with van der Waals surface area (Å²) in [7, 11) is 0. The molecule has 0 unspecified atom stereocenters. The maximum Gasteiger partial charge on any atom is 0.417 e. The van der Waals surface area contributed by atoms with Gasteiger partial charge in [0.05, 0.1) is 22.1 Å². The van der Waals surface area contributed by atoms with Gasteiger partial charge in [-0.05, 0) is 45.0 Å². The van der Waals surface area contributed by atoms with Gasteiger partial charge in [-0.25, -0.2) is 9.97 Å². The van der Waals surface area contributed by atoms with Crippen LogP contribution >= 0.6 is 35.1 Å². The van der Waals surface area contributed by atoms with E-state index in [0.29, 0.717) is 28.4 Å². The van der Waals surface area contributed by atoms with Gasteiger partial charge >= 0.3 is 6.18 Å². The number of anilines is 1. The van der Waals surface area contributed by atoms with Crippen LogP contribution in [0.2, 0.25) is 5.02 Å². The van der Waals surface area contributed by atoms with Crippen molar-refractivity contribution in [1.29, 1.82) is 0 Å². The van der Waals surface area contributed by atoms with Crippen LogP contribution in [0.25, 0.3) is 0 Å². The van der Waals surface area contributed by atoms with E-state index in [1.54, 1.807) is 0 Å². The highest BCUT2D eigenvalue weighted by molar-refractivity contribution is 7.99. The second-order valence-electron chi connectivity index (χ2n) is 6.89. The van der Waals surface area contributed by atoms with E-state index in [4.69, 9.17) is 11.6 Å². The maximum atomic E-state index is 13.0. The zero-order valence-electron chi connectivity index (χ0n) is 17.9. The number of carbonyl (C=O) groups is 1. The fourth-order valence-electron chi connectivity index (χ4n) is 2.88. The number of carbonyl (C=O) groups excluding carboxylic acids is 1. The lowest BCUT2D eigenvalue weighted by molar-refractivity contribution is -0.137. The molecule has 176 valence electrons. The first-order chi connectivity index (χ1) is 15.6. The second-order valence-corrected chi connectivity index (χ2v) is 9.19. The molecule has 3 aromatic rings. The third-order valence-electron chi connectivity index (χ3n) is 4.29. The van der Waals surface area contributed by atoms with E-state index >= 15 is 0 Å². The van der Waals surface area contributed by atoms with Crippen LogP contribution in [0, 0.1) is 13.8 Å². The molecule has 0 aliphatic rings. The van der Waals surface area contributed by atoms with Crippen LogP contribution in [0.3, 0.4) is 0 Å². The molecule has 0 saturated heterocycles. The molecule has 0 bridgehead atoms. The Morgan fingerprint density at radius 3 is 2.45 bits per heavy atom. The quantitative estimate of drug-likeness (QED) is 0.317. The smallest absolute Gasteiger partial charge is 0.325 e. The third kappa shape index (κ3) is 6.84. The monoisotopic (exact) mass is 516 g/mol. The molecule has 2 heterocycles. The van der Waals surface area contributed by atoms with Gasteiger partial charge in [-0.1, -0.05) is 35.1 Å². The average molecular weight is 517 g/mol. The van der Waals surface area contributed by atoms with Gasteiger partial charge in [-0.2, -0.15) is 13.2 Å². The third-order valence-corrected chi connectivity index (χ3v) is 6.43. The number of halogens is 4. The van der Waals surface area contributed by atoms with Crippen molar-refractivity contribution in [2.75, 3.05) is 11.1 Å². The van der Waals surface area contributed by atoms with Gasteiger partial charge in [0.15, 0.2) is 10.3 Å². The zero-order valence-corrected chi connectivity index (χ0v) is 20.3. The summed E-state index contributed by atoms with van der Waals surface area (Å²) < 4.78 is 40.9. The fourth-order valence-corrected chi connectivity index (χ4v) is 4.82. The molecule has 3 rings (SSSR count). The molecule has 33 heavy (non-hydrogen) atoms. The molecule has 1 amide bonds. The summed E-state index contributed by atoms with van der Waals surface area (Å²) in [6.45, 7) is 6.33. The molecular weight excluding hydrogens is 497 g/mol. The van der Waals surface area contributed by atoms with E-state index in [1.165, 1.54) is 17.8 Å². The Kier molecular flexibility index (Phi) is 8.24. The number of hydrogen-bond acceptors (Lipinski definition) is 7. The van der Waals surface area contributed by atoms with Gasteiger partial charge in [-0.3, -0.25) is 4.79 Å². The zero-order chi connectivity index (χ0) is 24.2. The first kappa shape index (κ1) is 25.3. The summed E-state index contributed by atoms with van der Waals surface area (Å²) in [5, 5.41) is 11.6. The highest BCUT2D eigenvalue weighted by atomic mass is 35.5. The van der Waals surface area contributed by atoms with E-state index in [9.17, 15) is 18.0 Å². The van der Waals surface area contributed by atoms with Gasteiger partial charge in [0.1, 0.15) is 5.82 Å². The lowest BCUT2D eigenvalue weighted by Crippen LogP contribution is -2.16. The molecule has 7 nitrogen and oxygen atoms in total. The van der Waals surface area contributed by atoms with Crippen molar-refractivity contribution in [2.45, 2.75) is 49.6 Å². The summed E-state index contributed by atoms with van der Waals surface area (Å²) in [6, 6.07) is 5.12. The molecule has 0 aliphatic carbocycles. The Hall–Kier alpha value is -2.31. The van der Waals surface area contributed by atoms with Crippen molar-refractivity contribution < 1.29 is 18.0 Å². The molecule has 0 atom stereocenters. The number of rotatable bonds is 8. The SMILES string of the molecule is CCn1c(CSc2nc(C)cc(C)n2)nnc1SCC(=O)Nc1ccc(Cl)c(C(F)(F)F)c1. The van der Waals surface area contributed by atoms with Crippen LogP contribution < -0.4 is 5.32 Å². The van der Waals surface area contributed by atoms with E-state index in [0.717, 1.165) is 35.3 Å². The summed E-state index contributed by atoms with van der Waals surface area (Å²) in [5.41, 5.74) is 0.773. The number of nitrogens with one attached hydrogen (secondary N) is 1. The Balaban J connectivity index is 1.61. The van der Waals surface area contributed by atoms with Crippen LogP contribution in [0.4, 0.5) is 18.9 Å². The van der Waals surface area contributed by atoms with E-state index in [2.05, 4.69) is 25.5 Å². The number of alkyl halides is 3. The molecule has 0 spiro atoms.